The Morgan fingerprint density at radius 2 is 1.76 bits per heavy atom. The lowest BCUT2D eigenvalue weighted by molar-refractivity contribution is 0.0571. The van der Waals surface area contributed by atoms with Gasteiger partial charge in [-0.1, -0.05) is 24.3 Å². The standard InChI is InChI=1S/C26H23F2N3O3/c1-16-15-30(13-14-31(16)26(32)23-18(27)8-6-9-19(23)28)25-17-7-5-12-22(33-2)24(17)34-21-11-4-3-10-20(21)29-25/h3-12,16H,13-15H2,1-2H3/t16-/m1/s1. The van der Waals surface area contributed by atoms with Gasteiger partial charge in [0.05, 0.1) is 12.7 Å². The molecule has 0 N–H and O–H groups in total. The Balaban J connectivity index is 1.48. The minimum absolute atomic E-state index is 0.286. The Kier molecular flexibility index (Phi) is 5.65. The third-order valence-corrected chi connectivity index (χ3v) is 6.11. The second kappa shape index (κ2) is 8.78. The van der Waals surface area contributed by atoms with E-state index in [1.165, 1.54) is 11.0 Å². The van der Waals surface area contributed by atoms with Crippen LogP contribution in [0.1, 0.15) is 22.8 Å². The van der Waals surface area contributed by atoms with Crippen molar-refractivity contribution in [2.75, 3.05) is 26.7 Å². The van der Waals surface area contributed by atoms with Crippen LogP contribution in [0.25, 0.3) is 0 Å². The molecule has 0 radical (unpaired) electrons. The van der Waals surface area contributed by atoms with Gasteiger partial charge in [-0.2, -0.15) is 0 Å². The number of benzene rings is 3. The second-order valence-corrected chi connectivity index (χ2v) is 8.23. The molecular formula is C26H23F2N3O3. The Bertz CT molecular complexity index is 1270. The lowest BCUT2D eigenvalue weighted by atomic mass is 10.1. The smallest absolute Gasteiger partial charge is 0.260 e. The lowest BCUT2D eigenvalue weighted by Crippen LogP contribution is -2.55. The van der Waals surface area contributed by atoms with Gasteiger partial charge in [-0.3, -0.25) is 4.79 Å². The first-order valence-electron chi connectivity index (χ1n) is 11.0. The van der Waals surface area contributed by atoms with Gasteiger partial charge in [-0.05, 0) is 43.3 Å². The number of nitrogens with zero attached hydrogens (tertiary/aromatic N) is 3. The van der Waals surface area contributed by atoms with Gasteiger partial charge in [-0.15, -0.1) is 0 Å². The summed E-state index contributed by atoms with van der Waals surface area (Å²) in [6.07, 6.45) is 0. The maximum Gasteiger partial charge on any atom is 0.260 e. The minimum Gasteiger partial charge on any atom is -0.493 e. The van der Waals surface area contributed by atoms with Crippen LogP contribution in [0.5, 0.6) is 17.2 Å². The summed E-state index contributed by atoms with van der Waals surface area (Å²) >= 11 is 0. The average molecular weight is 463 g/mol. The molecule has 0 aromatic heterocycles. The van der Waals surface area contributed by atoms with E-state index in [-0.39, 0.29) is 12.6 Å². The molecular weight excluding hydrogens is 440 g/mol. The summed E-state index contributed by atoms with van der Waals surface area (Å²) in [5.74, 6) is 0.0773. The van der Waals surface area contributed by atoms with Crippen molar-refractivity contribution in [1.82, 2.24) is 9.80 Å². The number of ether oxygens (including phenoxy) is 2. The van der Waals surface area contributed by atoms with Crippen LogP contribution in [-0.4, -0.2) is 54.3 Å². The van der Waals surface area contributed by atoms with Crippen molar-refractivity contribution < 1.29 is 23.0 Å². The second-order valence-electron chi connectivity index (χ2n) is 8.23. The number of amidine groups is 1. The van der Waals surface area contributed by atoms with Crippen LogP contribution in [0.2, 0.25) is 0 Å². The van der Waals surface area contributed by atoms with Crippen LogP contribution in [0.4, 0.5) is 14.5 Å². The van der Waals surface area contributed by atoms with E-state index < -0.39 is 23.1 Å². The number of halogens is 2. The molecule has 1 fully saturated rings. The SMILES string of the molecule is COc1cccc2c1Oc1ccccc1N=C2N1CCN(C(=O)c2c(F)cccc2F)[C@H](C)C1. The topological polar surface area (TPSA) is 54.4 Å². The zero-order chi connectivity index (χ0) is 23.8. The highest BCUT2D eigenvalue weighted by Crippen LogP contribution is 2.42. The molecule has 174 valence electrons. The normalized spacial score (nSPS) is 17.2. The molecule has 2 heterocycles. The lowest BCUT2D eigenvalue weighted by Gasteiger charge is -2.41. The van der Waals surface area contributed by atoms with Crippen molar-refractivity contribution in [1.29, 1.82) is 0 Å². The van der Waals surface area contributed by atoms with Crippen molar-refractivity contribution in [3.63, 3.8) is 0 Å². The Hall–Kier alpha value is -3.94. The number of carbonyl (C=O) groups excluding carboxylic acids is 1. The molecule has 0 unspecified atom stereocenters. The number of methoxy groups -OCH3 is 1. The van der Waals surface area contributed by atoms with Gasteiger partial charge in [-0.25, -0.2) is 13.8 Å². The average Bonchev–Trinajstić information content (AvgIpc) is 3.00. The van der Waals surface area contributed by atoms with E-state index in [2.05, 4.69) is 4.90 Å². The minimum atomic E-state index is -0.859. The molecule has 1 amide bonds. The van der Waals surface area contributed by atoms with E-state index >= 15 is 0 Å². The van der Waals surface area contributed by atoms with Crippen molar-refractivity contribution in [3.8, 4) is 17.2 Å². The molecule has 3 aromatic carbocycles. The monoisotopic (exact) mass is 463 g/mol. The molecule has 5 rings (SSSR count). The molecule has 34 heavy (non-hydrogen) atoms. The molecule has 1 saturated heterocycles. The van der Waals surface area contributed by atoms with Crippen LogP contribution < -0.4 is 9.47 Å². The Morgan fingerprint density at radius 3 is 2.50 bits per heavy atom. The fourth-order valence-electron chi connectivity index (χ4n) is 4.42. The van der Waals surface area contributed by atoms with Gasteiger partial charge < -0.3 is 19.3 Å². The first-order valence-corrected chi connectivity index (χ1v) is 11.0. The molecule has 0 aliphatic carbocycles. The first kappa shape index (κ1) is 21.9. The zero-order valence-corrected chi connectivity index (χ0v) is 18.8. The quantitative estimate of drug-likeness (QED) is 0.537. The Labute approximate surface area is 196 Å². The number of amides is 1. The van der Waals surface area contributed by atoms with Gasteiger partial charge in [0.15, 0.2) is 17.2 Å². The van der Waals surface area contributed by atoms with E-state index in [0.717, 1.165) is 17.7 Å². The highest BCUT2D eigenvalue weighted by molar-refractivity contribution is 6.04. The number of hydrogen-bond donors (Lipinski definition) is 0. The summed E-state index contributed by atoms with van der Waals surface area (Å²) in [5.41, 5.74) is 0.921. The highest BCUT2D eigenvalue weighted by Gasteiger charge is 2.34. The predicted molar refractivity (Wildman–Crippen MR) is 124 cm³/mol. The largest absolute Gasteiger partial charge is 0.493 e. The van der Waals surface area contributed by atoms with E-state index in [1.54, 1.807) is 7.11 Å². The summed E-state index contributed by atoms with van der Waals surface area (Å²) in [6.45, 7) is 3.01. The molecule has 1 atom stereocenters. The van der Waals surface area contributed by atoms with E-state index in [1.807, 2.05) is 49.4 Å². The number of rotatable bonds is 2. The van der Waals surface area contributed by atoms with Crippen LogP contribution in [-0.2, 0) is 0 Å². The van der Waals surface area contributed by atoms with Crippen LogP contribution in [0, 0.1) is 11.6 Å². The van der Waals surface area contributed by atoms with Gasteiger partial charge >= 0.3 is 0 Å². The van der Waals surface area contributed by atoms with Crippen LogP contribution in [0.3, 0.4) is 0 Å². The predicted octanol–water partition coefficient (Wildman–Crippen LogP) is 5.00. The fraction of sp³-hybridized carbons (Fsp3) is 0.231. The van der Waals surface area contributed by atoms with Crippen molar-refractivity contribution in [3.05, 3.63) is 83.4 Å². The summed E-state index contributed by atoms with van der Waals surface area (Å²) in [6, 6.07) is 16.2. The van der Waals surface area contributed by atoms with Crippen molar-refractivity contribution in [2.24, 2.45) is 4.99 Å². The number of hydrogen-bond acceptors (Lipinski definition) is 5. The number of fused-ring (bicyclic) bond motifs is 2. The summed E-state index contributed by atoms with van der Waals surface area (Å²) in [5, 5.41) is 0. The maximum atomic E-state index is 14.2. The third kappa shape index (κ3) is 3.75. The molecule has 0 spiro atoms. The molecule has 3 aromatic rings. The van der Waals surface area contributed by atoms with Crippen molar-refractivity contribution in [2.45, 2.75) is 13.0 Å². The molecule has 0 saturated carbocycles. The van der Waals surface area contributed by atoms with Gasteiger partial charge in [0, 0.05) is 25.7 Å². The third-order valence-electron chi connectivity index (χ3n) is 6.11. The number of carbonyl (C=O) groups is 1. The van der Waals surface area contributed by atoms with Crippen molar-refractivity contribution >= 4 is 17.4 Å². The van der Waals surface area contributed by atoms with E-state index in [0.29, 0.717) is 41.9 Å². The van der Waals surface area contributed by atoms with E-state index in [4.69, 9.17) is 14.5 Å². The zero-order valence-electron chi connectivity index (χ0n) is 18.8. The van der Waals surface area contributed by atoms with Crippen LogP contribution >= 0.6 is 0 Å². The maximum absolute atomic E-state index is 14.2. The summed E-state index contributed by atoms with van der Waals surface area (Å²) in [4.78, 5) is 21.5. The number of piperazine rings is 1. The van der Waals surface area contributed by atoms with Gasteiger partial charge in [0.2, 0.25) is 0 Å². The van der Waals surface area contributed by atoms with Gasteiger partial charge in [0.25, 0.3) is 5.91 Å². The summed E-state index contributed by atoms with van der Waals surface area (Å²) in [7, 11) is 1.58. The Morgan fingerprint density at radius 1 is 1.03 bits per heavy atom. The molecule has 8 heteroatoms. The fourth-order valence-corrected chi connectivity index (χ4v) is 4.42. The number of aliphatic imine (C=N–C) groups is 1. The van der Waals surface area contributed by atoms with Crippen LogP contribution in [0.15, 0.2) is 65.7 Å². The molecule has 2 aliphatic heterocycles. The summed E-state index contributed by atoms with van der Waals surface area (Å²) < 4.78 is 40.2. The van der Waals surface area contributed by atoms with E-state index in [9.17, 15) is 13.6 Å². The highest BCUT2D eigenvalue weighted by atomic mass is 19.1. The first-order chi connectivity index (χ1) is 16.5. The molecule has 0 bridgehead atoms. The van der Waals surface area contributed by atoms with Gasteiger partial charge in [0.1, 0.15) is 28.7 Å². The molecule has 2 aliphatic rings. The number of para-hydroxylation sites is 3. The molecule has 6 nitrogen and oxygen atoms in total.